The smallest absolute Gasteiger partial charge is 0.146 e. The van der Waals surface area contributed by atoms with Gasteiger partial charge >= 0.3 is 0 Å². The molecule has 3 heterocycles. The molecule has 0 aliphatic rings. The van der Waals surface area contributed by atoms with Crippen LogP contribution in [0.2, 0.25) is 0 Å². The Balaban J connectivity index is 0.00000337. The van der Waals surface area contributed by atoms with Crippen molar-refractivity contribution in [2.45, 2.75) is 52.4 Å². The average molecular weight is 720 g/mol. The maximum atomic E-state index is 11.5. The zero-order chi connectivity index (χ0) is 28.2. The van der Waals surface area contributed by atoms with Crippen LogP contribution in [0.4, 0.5) is 0 Å². The Kier molecular flexibility index (Phi) is 7.42. The molecule has 0 bridgehead atoms. The second kappa shape index (κ2) is 10.6. The second-order valence-electron chi connectivity index (χ2n) is 12.5. The summed E-state index contributed by atoms with van der Waals surface area (Å²) in [5, 5.41) is 13.7. The van der Waals surface area contributed by atoms with E-state index < -0.39 is 0 Å². The van der Waals surface area contributed by atoms with Crippen LogP contribution in [0.15, 0.2) is 91.1 Å². The predicted molar refractivity (Wildman–Crippen MR) is 165 cm³/mol. The van der Waals surface area contributed by atoms with Crippen LogP contribution >= 0.6 is 0 Å². The average Bonchev–Trinajstić information content (AvgIpc) is 3.26. The van der Waals surface area contributed by atoms with Crippen molar-refractivity contribution in [1.82, 2.24) is 14.5 Å². The Labute approximate surface area is 256 Å². The third-order valence-corrected chi connectivity index (χ3v) is 7.54. The summed E-state index contributed by atoms with van der Waals surface area (Å²) in [6, 6.07) is 32.3. The molecule has 41 heavy (non-hydrogen) atoms. The predicted octanol–water partition coefficient (Wildman–Crippen LogP) is 9.01. The molecular weight excluding hydrogens is 685 g/mol. The SMILES string of the molecule is CC(C)(C)c1cc(-c2[c-]c(-c3cccc(-n4c5ccccc5c5cccnc54)n3)ccc2)c(O)c(C(C)(C)C)c1.[Pt]. The van der Waals surface area contributed by atoms with Gasteiger partial charge < -0.3 is 5.11 Å². The maximum absolute atomic E-state index is 11.5. The van der Waals surface area contributed by atoms with Gasteiger partial charge in [0.15, 0.2) is 0 Å². The zero-order valence-electron chi connectivity index (χ0n) is 24.3. The van der Waals surface area contributed by atoms with Crippen molar-refractivity contribution in [1.29, 1.82) is 0 Å². The van der Waals surface area contributed by atoms with Crippen molar-refractivity contribution in [3.05, 3.63) is 108 Å². The monoisotopic (exact) mass is 719 g/mol. The Bertz CT molecular complexity index is 1840. The minimum Gasteiger partial charge on any atom is -0.515 e. The third kappa shape index (κ3) is 5.22. The fourth-order valence-electron chi connectivity index (χ4n) is 5.35. The van der Waals surface area contributed by atoms with E-state index in [0.29, 0.717) is 5.75 Å². The largest absolute Gasteiger partial charge is 0.515 e. The van der Waals surface area contributed by atoms with Gasteiger partial charge in [-0.05, 0) is 51.8 Å². The summed E-state index contributed by atoms with van der Waals surface area (Å²) in [4.78, 5) is 9.79. The second-order valence-corrected chi connectivity index (χ2v) is 12.5. The zero-order valence-corrected chi connectivity index (χ0v) is 26.5. The molecule has 1 N–H and O–H groups in total. The normalized spacial score (nSPS) is 12.0. The molecule has 6 rings (SSSR count). The van der Waals surface area contributed by atoms with Crippen LogP contribution in [-0.2, 0) is 31.9 Å². The van der Waals surface area contributed by atoms with E-state index in [2.05, 4.69) is 88.6 Å². The molecule has 0 fully saturated rings. The summed E-state index contributed by atoms with van der Waals surface area (Å²) < 4.78 is 2.12. The number of fused-ring (bicyclic) bond motifs is 3. The molecule has 0 atom stereocenters. The first-order valence-corrected chi connectivity index (χ1v) is 13.7. The van der Waals surface area contributed by atoms with Gasteiger partial charge in [0.1, 0.15) is 11.5 Å². The van der Waals surface area contributed by atoms with Crippen LogP contribution in [0.25, 0.3) is 50.1 Å². The van der Waals surface area contributed by atoms with Crippen molar-refractivity contribution >= 4 is 21.9 Å². The summed E-state index contributed by atoms with van der Waals surface area (Å²) in [6.45, 7) is 13.0. The first-order valence-electron chi connectivity index (χ1n) is 13.7. The van der Waals surface area contributed by atoms with Gasteiger partial charge in [0, 0.05) is 43.7 Å². The van der Waals surface area contributed by atoms with Gasteiger partial charge in [0.2, 0.25) is 0 Å². The molecule has 0 aliphatic heterocycles. The van der Waals surface area contributed by atoms with Crippen LogP contribution in [0.3, 0.4) is 0 Å². The van der Waals surface area contributed by atoms with Crippen LogP contribution in [-0.4, -0.2) is 19.6 Å². The molecule has 0 saturated heterocycles. The standard InChI is InChI=1S/C36H34N3O.Pt/c1-35(2,3)25-21-28(33(40)29(22-25)36(4,5)6)23-12-9-13-24(20-23)30-16-10-18-32(38-30)39-31-17-8-7-14-26(31)27-15-11-19-37-34(27)39;/h7-19,21-22,40H,1-6H3;/q-1;. The summed E-state index contributed by atoms with van der Waals surface area (Å²) >= 11 is 0. The number of aromatic hydroxyl groups is 1. The van der Waals surface area contributed by atoms with E-state index in [9.17, 15) is 5.11 Å². The van der Waals surface area contributed by atoms with E-state index in [1.807, 2.05) is 54.7 Å². The number of rotatable bonds is 3. The van der Waals surface area contributed by atoms with Crippen molar-refractivity contribution in [3.8, 4) is 34.0 Å². The fraction of sp³-hybridized carbons (Fsp3) is 0.222. The van der Waals surface area contributed by atoms with Gasteiger partial charge in [-0.25, -0.2) is 4.98 Å². The molecule has 0 amide bonds. The van der Waals surface area contributed by atoms with E-state index in [1.165, 1.54) is 5.56 Å². The molecular formula is C36H34N3OPt-. The molecule has 210 valence electrons. The quantitative estimate of drug-likeness (QED) is 0.186. The topological polar surface area (TPSA) is 50.9 Å². The summed E-state index contributed by atoms with van der Waals surface area (Å²) in [5.74, 6) is 1.11. The maximum Gasteiger partial charge on any atom is 0.146 e. The van der Waals surface area contributed by atoms with Crippen LogP contribution in [0, 0.1) is 6.07 Å². The number of benzene rings is 3. The van der Waals surface area contributed by atoms with Crippen molar-refractivity contribution in [2.24, 2.45) is 0 Å². The minimum atomic E-state index is -0.204. The van der Waals surface area contributed by atoms with Gasteiger partial charge in [-0.3, -0.25) is 9.55 Å². The van der Waals surface area contributed by atoms with E-state index in [0.717, 1.165) is 55.7 Å². The van der Waals surface area contributed by atoms with Crippen molar-refractivity contribution in [2.75, 3.05) is 0 Å². The van der Waals surface area contributed by atoms with E-state index >= 15 is 0 Å². The van der Waals surface area contributed by atoms with Crippen LogP contribution in [0.1, 0.15) is 52.7 Å². The Hall–Kier alpha value is -3.75. The molecule has 0 aliphatic carbocycles. The van der Waals surface area contributed by atoms with Gasteiger partial charge in [0.05, 0.1) is 11.3 Å². The van der Waals surface area contributed by atoms with E-state index in [4.69, 9.17) is 9.97 Å². The number of nitrogens with zero attached hydrogens (tertiary/aromatic N) is 3. The van der Waals surface area contributed by atoms with Crippen LogP contribution in [0.5, 0.6) is 5.75 Å². The number of phenols is 1. The van der Waals surface area contributed by atoms with Gasteiger partial charge in [-0.1, -0.05) is 89.6 Å². The Morgan fingerprint density at radius 1 is 0.732 bits per heavy atom. The van der Waals surface area contributed by atoms with E-state index in [-0.39, 0.29) is 31.9 Å². The van der Waals surface area contributed by atoms with Crippen LogP contribution < -0.4 is 0 Å². The molecule has 0 unspecified atom stereocenters. The molecule has 3 aromatic heterocycles. The number of para-hydroxylation sites is 1. The number of phenolic OH excluding ortho intramolecular Hbond substituents is 1. The minimum absolute atomic E-state index is 0. The first kappa shape index (κ1) is 28.8. The van der Waals surface area contributed by atoms with Crippen molar-refractivity contribution in [3.63, 3.8) is 0 Å². The van der Waals surface area contributed by atoms with Gasteiger partial charge in [-0.15, -0.1) is 29.8 Å². The molecule has 0 radical (unpaired) electrons. The van der Waals surface area contributed by atoms with Crippen molar-refractivity contribution < 1.29 is 26.2 Å². The first-order chi connectivity index (χ1) is 19.0. The number of hydrogen-bond donors (Lipinski definition) is 1. The molecule has 0 saturated carbocycles. The molecule has 3 aromatic carbocycles. The summed E-state index contributed by atoms with van der Waals surface area (Å²) in [7, 11) is 0. The Morgan fingerprint density at radius 2 is 1.44 bits per heavy atom. The van der Waals surface area contributed by atoms with Gasteiger partial charge in [0.25, 0.3) is 0 Å². The summed E-state index contributed by atoms with van der Waals surface area (Å²) in [5.41, 5.74) is 7.11. The van der Waals surface area contributed by atoms with Gasteiger partial charge in [-0.2, -0.15) is 0 Å². The third-order valence-electron chi connectivity index (χ3n) is 7.54. The fourth-order valence-corrected chi connectivity index (χ4v) is 5.35. The molecule has 6 aromatic rings. The summed E-state index contributed by atoms with van der Waals surface area (Å²) in [6.07, 6.45) is 1.82. The molecule has 0 spiro atoms. The number of aromatic nitrogens is 3. The number of hydrogen-bond acceptors (Lipinski definition) is 3. The number of pyridine rings is 2. The van der Waals surface area contributed by atoms with E-state index in [1.54, 1.807) is 0 Å². The molecule has 5 heteroatoms. The molecule has 4 nitrogen and oxygen atoms in total. The Morgan fingerprint density at radius 3 is 2.20 bits per heavy atom.